The summed E-state index contributed by atoms with van der Waals surface area (Å²) in [6.07, 6.45) is 0. The normalized spacial score (nSPS) is 12.9. The third-order valence-corrected chi connectivity index (χ3v) is 3.27. The number of methoxy groups -OCH3 is 1. The highest BCUT2D eigenvalue weighted by Crippen LogP contribution is 2.40. The van der Waals surface area contributed by atoms with E-state index in [-0.39, 0.29) is 18.4 Å². The van der Waals surface area contributed by atoms with E-state index in [9.17, 15) is 9.59 Å². The fraction of sp³-hybridized carbons (Fsp3) is 0.500. The zero-order valence-electron chi connectivity index (χ0n) is 13.5. The number of aliphatic carboxylic acids is 1. The Bertz CT molecular complexity index is 581. The highest BCUT2D eigenvalue weighted by atomic mass is 16.6. The number of carbonyl (C=O) groups excluding carboxylic acids is 1. The molecule has 0 saturated heterocycles. The summed E-state index contributed by atoms with van der Waals surface area (Å²) < 4.78 is 16.3. The SMILES string of the molecule is COc1cc(C(=O)N(CC(=O)O)CC(C)C)cc2c1OCCO2. The van der Waals surface area contributed by atoms with E-state index >= 15 is 0 Å². The molecule has 23 heavy (non-hydrogen) atoms. The third-order valence-electron chi connectivity index (χ3n) is 3.27. The van der Waals surface area contributed by atoms with Crippen LogP contribution in [0.1, 0.15) is 24.2 Å². The molecule has 126 valence electrons. The Labute approximate surface area is 134 Å². The second kappa shape index (κ2) is 7.21. The maximum Gasteiger partial charge on any atom is 0.323 e. The molecule has 2 rings (SSSR count). The number of benzene rings is 1. The highest BCUT2D eigenvalue weighted by molar-refractivity contribution is 5.97. The molecular formula is C16H21NO6. The van der Waals surface area contributed by atoms with Crippen LogP contribution in [0.5, 0.6) is 17.2 Å². The molecule has 1 amide bonds. The highest BCUT2D eigenvalue weighted by Gasteiger charge is 2.25. The van der Waals surface area contributed by atoms with Crippen LogP contribution in [0.2, 0.25) is 0 Å². The number of fused-ring (bicyclic) bond motifs is 1. The standard InChI is InChI=1S/C16H21NO6/c1-10(2)8-17(9-14(18)19)16(20)11-6-12(21-3)15-13(7-11)22-4-5-23-15/h6-7,10H,4-5,8-9H2,1-3H3,(H,18,19). The molecule has 1 aliphatic rings. The third kappa shape index (κ3) is 4.06. The molecule has 1 aromatic carbocycles. The lowest BCUT2D eigenvalue weighted by molar-refractivity contribution is -0.137. The summed E-state index contributed by atoms with van der Waals surface area (Å²) in [7, 11) is 1.48. The molecule has 0 saturated carbocycles. The summed E-state index contributed by atoms with van der Waals surface area (Å²) in [6.45, 7) is 4.64. The molecule has 7 nitrogen and oxygen atoms in total. The van der Waals surface area contributed by atoms with Crippen molar-refractivity contribution >= 4 is 11.9 Å². The summed E-state index contributed by atoms with van der Waals surface area (Å²) in [5.74, 6) is 0.00498. The van der Waals surface area contributed by atoms with Gasteiger partial charge in [-0.3, -0.25) is 9.59 Å². The van der Waals surface area contributed by atoms with Gasteiger partial charge in [0, 0.05) is 12.1 Å². The van der Waals surface area contributed by atoms with E-state index in [1.807, 2.05) is 13.8 Å². The van der Waals surface area contributed by atoms with Gasteiger partial charge in [-0.1, -0.05) is 13.8 Å². The van der Waals surface area contributed by atoms with Gasteiger partial charge in [-0.15, -0.1) is 0 Å². The molecule has 0 atom stereocenters. The second-order valence-electron chi connectivity index (χ2n) is 5.68. The van der Waals surface area contributed by atoms with Crippen molar-refractivity contribution in [3.05, 3.63) is 17.7 Å². The molecule has 0 spiro atoms. The average Bonchev–Trinajstić information content (AvgIpc) is 2.51. The van der Waals surface area contributed by atoms with Gasteiger partial charge in [0.05, 0.1) is 7.11 Å². The van der Waals surface area contributed by atoms with E-state index in [1.54, 1.807) is 12.1 Å². The average molecular weight is 323 g/mol. The topological polar surface area (TPSA) is 85.3 Å². The van der Waals surface area contributed by atoms with E-state index < -0.39 is 5.97 Å². The maximum absolute atomic E-state index is 12.7. The number of carboxylic acids is 1. The largest absolute Gasteiger partial charge is 0.493 e. The molecule has 0 unspecified atom stereocenters. The number of hydrogen-bond donors (Lipinski definition) is 1. The Hall–Kier alpha value is -2.44. The van der Waals surface area contributed by atoms with Crippen molar-refractivity contribution in [2.75, 3.05) is 33.4 Å². The molecule has 0 aliphatic carbocycles. The van der Waals surface area contributed by atoms with Crippen molar-refractivity contribution < 1.29 is 28.9 Å². The lowest BCUT2D eigenvalue weighted by Gasteiger charge is -2.25. The molecule has 1 N–H and O–H groups in total. The van der Waals surface area contributed by atoms with E-state index in [0.29, 0.717) is 42.6 Å². The van der Waals surface area contributed by atoms with Crippen molar-refractivity contribution in [3.63, 3.8) is 0 Å². The smallest absolute Gasteiger partial charge is 0.323 e. The lowest BCUT2D eigenvalue weighted by atomic mass is 10.1. The van der Waals surface area contributed by atoms with Crippen molar-refractivity contribution in [1.29, 1.82) is 0 Å². The van der Waals surface area contributed by atoms with Gasteiger partial charge < -0.3 is 24.2 Å². The number of amides is 1. The van der Waals surface area contributed by atoms with E-state index in [4.69, 9.17) is 19.3 Å². The second-order valence-corrected chi connectivity index (χ2v) is 5.68. The first-order valence-corrected chi connectivity index (χ1v) is 7.41. The van der Waals surface area contributed by atoms with E-state index in [0.717, 1.165) is 0 Å². The van der Waals surface area contributed by atoms with Gasteiger partial charge in [0.25, 0.3) is 5.91 Å². The molecular weight excluding hydrogens is 302 g/mol. The van der Waals surface area contributed by atoms with Crippen LogP contribution in [0.25, 0.3) is 0 Å². The first-order valence-electron chi connectivity index (χ1n) is 7.41. The number of carbonyl (C=O) groups is 2. The molecule has 0 bridgehead atoms. The Morgan fingerprint density at radius 3 is 2.61 bits per heavy atom. The monoisotopic (exact) mass is 323 g/mol. The minimum absolute atomic E-state index is 0.150. The minimum Gasteiger partial charge on any atom is -0.493 e. The molecule has 1 aromatic rings. The summed E-state index contributed by atoms with van der Waals surface area (Å²) in [5, 5.41) is 9.02. The molecule has 0 fully saturated rings. The Balaban J connectivity index is 2.34. The molecule has 1 aliphatic heterocycles. The molecule has 0 aromatic heterocycles. The van der Waals surface area contributed by atoms with Gasteiger partial charge in [0.2, 0.25) is 5.75 Å². The summed E-state index contributed by atoms with van der Waals surface area (Å²) in [5.41, 5.74) is 0.313. The Kier molecular flexibility index (Phi) is 5.31. The predicted octanol–water partition coefficient (Wildman–Crippen LogP) is 1.65. The Morgan fingerprint density at radius 2 is 2.00 bits per heavy atom. The number of carboxylic acid groups (broad SMARTS) is 1. The van der Waals surface area contributed by atoms with Gasteiger partial charge in [-0.25, -0.2) is 0 Å². The van der Waals surface area contributed by atoms with Crippen LogP contribution in [0.3, 0.4) is 0 Å². The van der Waals surface area contributed by atoms with Crippen LogP contribution in [-0.2, 0) is 4.79 Å². The van der Waals surface area contributed by atoms with Crippen molar-refractivity contribution in [1.82, 2.24) is 4.90 Å². The molecule has 1 heterocycles. The minimum atomic E-state index is -1.05. The lowest BCUT2D eigenvalue weighted by Crippen LogP contribution is -2.38. The number of nitrogens with zero attached hydrogens (tertiary/aromatic N) is 1. The number of ether oxygens (including phenoxy) is 3. The predicted molar refractivity (Wildman–Crippen MR) is 82.4 cm³/mol. The van der Waals surface area contributed by atoms with Crippen LogP contribution < -0.4 is 14.2 Å². The maximum atomic E-state index is 12.7. The fourth-order valence-electron chi connectivity index (χ4n) is 2.40. The van der Waals surface area contributed by atoms with Crippen LogP contribution in [-0.4, -0.2) is 55.3 Å². The molecule has 7 heteroatoms. The fourth-order valence-corrected chi connectivity index (χ4v) is 2.40. The van der Waals surface area contributed by atoms with Crippen molar-refractivity contribution in [2.45, 2.75) is 13.8 Å². The Morgan fingerprint density at radius 1 is 1.30 bits per heavy atom. The van der Waals surface area contributed by atoms with Crippen LogP contribution in [0, 0.1) is 5.92 Å². The van der Waals surface area contributed by atoms with Gasteiger partial charge >= 0.3 is 5.97 Å². The van der Waals surface area contributed by atoms with Gasteiger partial charge in [-0.2, -0.15) is 0 Å². The zero-order chi connectivity index (χ0) is 17.0. The van der Waals surface area contributed by atoms with Crippen LogP contribution in [0.15, 0.2) is 12.1 Å². The van der Waals surface area contributed by atoms with Gasteiger partial charge in [-0.05, 0) is 18.1 Å². The van der Waals surface area contributed by atoms with Crippen LogP contribution in [0.4, 0.5) is 0 Å². The van der Waals surface area contributed by atoms with Gasteiger partial charge in [0.1, 0.15) is 19.8 Å². The first-order chi connectivity index (χ1) is 10.9. The summed E-state index contributed by atoms with van der Waals surface area (Å²) in [4.78, 5) is 25.0. The number of rotatable bonds is 6. The zero-order valence-corrected chi connectivity index (χ0v) is 13.5. The van der Waals surface area contributed by atoms with E-state index in [1.165, 1.54) is 12.0 Å². The molecule has 0 radical (unpaired) electrons. The summed E-state index contributed by atoms with van der Waals surface area (Å²) in [6, 6.07) is 3.11. The first kappa shape index (κ1) is 16.9. The van der Waals surface area contributed by atoms with Crippen molar-refractivity contribution in [3.8, 4) is 17.2 Å². The van der Waals surface area contributed by atoms with Crippen molar-refractivity contribution in [2.24, 2.45) is 5.92 Å². The quantitative estimate of drug-likeness (QED) is 0.857. The van der Waals surface area contributed by atoms with Gasteiger partial charge in [0.15, 0.2) is 11.5 Å². The van der Waals surface area contributed by atoms with E-state index in [2.05, 4.69) is 0 Å². The number of hydrogen-bond acceptors (Lipinski definition) is 5. The summed E-state index contributed by atoms with van der Waals surface area (Å²) >= 11 is 0. The van der Waals surface area contributed by atoms with Crippen LogP contribution >= 0.6 is 0 Å².